The number of benzene rings is 1. The highest BCUT2D eigenvalue weighted by Gasteiger charge is 2.35. The molecular formula is C21H34N2O2. The number of rotatable bonds is 6. The predicted octanol–water partition coefficient (Wildman–Crippen LogP) is 2.42. The van der Waals surface area contributed by atoms with Crippen molar-refractivity contribution in [2.24, 2.45) is 0 Å². The van der Waals surface area contributed by atoms with Crippen LogP contribution in [0.2, 0.25) is 0 Å². The van der Waals surface area contributed by atoms with E-state index in [9.17, 15) is 10.2 Å². The molecule has 2 saturated heterocycles. The predicted molar refractivity (Wildman–Crippen MR) is 102 cm³/mol. The zero-order valence-corrected chi connectivity index (χ0v) is 15.8. The summed E-state index contributed by atoms with van der Waals surface area (Å²) in [5.74, 6) is 0. The Morgan fingerprint density at radius 1 is 1.00 bits per heavy atom. The lowest BCUT2D eigenvalue weighted by Gasteiger charge is -2.33. The fourth-order valence-corrected chi connectivity index (χ4v) is 4.10. The SMILES string of the molecule is CC(C)(O)CCc1ccc(CN2C[C@H](O)[C@@H](N3CCCCC3)C2)cc1. The van der Waals surface area contributed by atoms with Crippen molar-refractivity contribution in [1.82, 2.24) is 9.80 Å². The molecule has 4 heteroatoms. The molecule has 2 aliphatic rings. The third-order valence-corrected chi connectivity index (χ3v) is 5.65. The first-order valence-electron chi connectivity index (χ1n) is 9.85. The largest absolute Gasteiger partial charge is 0.390 e. The molecule has 3 rings (SSSR count). The molecule has 0 unspecified atom stereocenters. The van der Waals surface area contributed by atoms with Crippen LogP contribution in [0.25, 0.3) is 0 Å². The standard InChI is InChI=1S/C21H34N2O2/c1-21(2,25)11-10-17-6-8-18(9-7-17)14-22-15-19(20(24)16-22)23-12-4-3-5-13-23/h6-9,19-20,24-25H,3-5,10-16H2,1-2H3/t19-,20-/m0/s1. The number of likely N-dealkylation sites (tertiary alicyclic amines) is 2. The van der Waals surface area contributed by atoms with Crippen molar-refractivity contribution in [3.05, 3.63) is 35.4 Å². The minimum atomic E-state index is -0.603. The zero-order valence-electron chi connectivity index (χ0n) is 15.8. The maximum atomic E-state index is 10.5. The molecule has 0 bridgehead atoms. The van der Waals surface area contributed by atoms with E-state index >= 15 is 0 Å². The number of hydrogen-bond donors (Lipinski definition) is 2. The number of aliphatic hydroxyl groups is 2. The number of β-amino-alcohol motifs (C(OH)–C–C–N with tert-alkyl or cyclic N) is 1. The highest BCUT2D eigenvalue weighted by atomic mass is 16.3. The molecule has 2 aliphatic heterocycles. The van der Waals surface area contributed by atoms with Gasteiger partial charge >= 0.3 is 0 Å². The molecule has 0 aliphatic carbocycles. The van der Waals surface area contributed by atoms with Gasteiger partial charge in [0.05, 0.1) is 11.7 Å². The van der Waals surface area contributed by atoms with E-state index in [2.05, 4.69) is 34.1 Å². The van der Waals surface area contributed by atoms with E-state index < -0.39 is 5.60 Å². The molecule has 25 heavy (non-hydrogen) atoms. The minimum Gasteiger partial charge on any atom is -0.390 e. The van der Waals surface area contributed by atoms with Gasteiger partial charge in [0, 0.05) is 25.7 Å². The topological polar surface area (TPSA) is 46.9 Å². The van der Waals surface area contributed by atoms with E-state index in [4.69, 9.17) is 0 Å². The van der Waals surface area contributed by atoms with Crippen LogP contribution < -0.4 is 0 Å². The number of piperidine rings is 1. The zero-order chi connectivity index (χ0) is 17.9. The molecule has 1 aromatic rings. The van der Waals surface area contributed by atoms with Crippen LogP contribution in [-0.4, -0.2) is 63.9 Å². The smallest absolute Gasteiger partial charge is 0.0834 e. The molecule has 2 heterocycles. The van der Waals surface area contributed by atoms with Crippen molar-refractivity contribution in [2.45, 2.75) is 70.2 Å². The Kier molecular flexibility index (Phi) is 6.16. The number of aryl methyl sites for hydroxylation is 1. The highest BCUT2D eigenvalue weighted by molar-refractivity contribution is 5.23. The van der Waals surface area contributed by atoms with Gasteiger partial charge in [-0.2, -0.15) is 0 Å². The lowest BCUT2D eigenvalue weighted by atomic mass is 9.98. The van der Waals surface area contributed by atoms with Crippen molar-refractivity contribution in [2.75, 3.05) is 26.2 Å². The second kappa shape index (κ2) is 8.17. The summed E-state index contributed by atoms with van der Waals surface area (Å²) >= 11 is 0. The van der Waals surface area contributed by atoms with Gasteiger partial charge in [0.15, 0.2) is 0 Å². The maximum Gasteiger partial charge on any atom is 0.0834 e. The summed E-state index contributed by atoms with van der Waals surface area (Å²) in [5, 5.41) is 20.3. The lowest BCUT2D eigenvalue weighted by Crippen LogP contribution is -2.45. The van der Waals surface area contributed by atoms with E-state index in [0.29, 0.717) is 6.04 Å². The second-order valence-electron chi connectivity index (χ2n) is 8.55. The molecule has 2 N–H and O–H groups in total. The van der Waals surface area contributed by atoms with Crippen LogP contribution in [0, 0.1) is 0 Å². The van der Waals surface area contributed by atoms with E-state index in [1.54, 1.807) is 0 Å². The molecule has 4 nitrogen and oxygen atoms in total. The van der Waals surface area contributed by atoms with Gasteiger partial charge in [-0.25, -0.2) is 0 Å². The fourth-order valence-electron chi connectivity index (χ4n) is 4.10. The average molecular weight is 347 g/mol. The van der Waals surface area contributed by atoms with Gasteiger partial charge in [0.25, 0.3) is 0 Å². The van der Waals surface area contributed by atoms with Crippen LogP contribution in [0.3, 0.4) is 0 Å². The fraction of sp³-hybridized carbons (Fsp3) is 0.714. The van der Waals surface area contributed by atoms with Crippen LogP contribution in [0.1, 0.15) is 50.7 Å². The van der Waals surface area contributed by atoms with Crippen LogP contribution in [-0.2, 0) is 13.0 Å². The summed E-state index contributed by atoms with van der Waals surface area (Å²) in [6, 6.07) is 9.05. The summed E-state index contributed by atoms with van der Waals surface area (Å²) in [7, 11) is 0. The van der Waals surface area contributed by atoms with Gasteiger partial charge in [-0.15, -0.1) is 0 Å². The Labute approximate surface area is 152 Å². The summed E-state index contributed by atoms with van der Waals surface area (Å²) < 4.78 is 0. The quantitative estimate of drug-likeness (QED) is 0.830. The third kappa shape index (κ3) is 5.52. The van der Waals surface area contributed by atoms with E-state index in [1.165, 1.54) is 30.4 Å². The average Bonchev–Trinajstić information content (AvgIpc) is 2.95. The van der Waals surface area contributed by atoms with Crippen molar-refractivity contribution in [1.29, 1.82) is 0 Å². The molecule has 2 atom stereocenters. The Morgan fingerprint density at radius 3 is 2.28 bits per heavy atom. The molecule has 0 radical (unpaired) electrons. The Balaban J connectivity index is 1.50. The van der Waals surface area contributed by atoms with Crippen LogP contribution in [0.5, 0.6) is 0 Å². The molecule has 140 valence electrons. The van der Waals surface area contributed by atoms with E-state index in [1.807, 2.05) is 13.8 Å². The molecule has 0 aromatic heterocycles. The first kappa shape index (κ1) is 18.8. The lowest BCUT2D eigenvalue weighted by molar-refractivity contribution is 0.0705. The number of nitrogens with zero attached hydrogens (tertiary/aromatic N) is 2. The van der Waals surface area contributed by atoms with Crippen LogP contribution in [0.15, 0.2) is 24.3 Å². The van der Waals surface area contributed by atoms with Crippen molar-refractivity contribution >= 4 is 0 Å². The Bertz CT molecular complexity index is 532. The van der Waals surface area contributed by atoms with Crippen molar-refractivity contribution in [3.8, 4) is 0 Å². The second-order valence-corrected chi connectivity index (χ2v) is 8.55. The van der Waals surface area contributed by atoms with Gasteiger partial charge in [-0.3, -0.25) is 9.80 Å². The molecule has 1 aromatic carbocycles. The minimum absolute atomic E-state index is 0.218. The van der Waals surface area contributed by atoms with Crippen molar-refractivity contribution in [3.63, 3.8) is 0 Å². The monoisotopic (exact) mass is 346 g/mol. The normalized spacial score (nSPS) is 26.2. The van der Waals surface area contributed by atoms with Crippen LogP contribution >= 0.6 is 0 Å². The number of aliphatic hydroxyl groups excluding tert-OH is 1. The summed E-state index contributed by atoms with van der Waals surface area (Å²) in [4.78, 5) is 4.88. The molecule has 2 fully saturated rings. The Hall–Kier alpha value is -0.940. The summed E-state index contributed by atoms with van der Waals surface area (Å²) in [6.45, 7) is 8.67. The number of hydrogen-bond acceptors (Lipinski definition) is 4. The molecule has 0 amide bonds. The first-order chi connectivity index (χ1) is 11.9. The van der Waals surface area contributed by atoms with Crippen LogP contribution in [0.4, 0.5) is 0 Å². The first-order valence-corrected chi connectivity index (χ1v) is 9.85. The van der Waals surface area contributed by atoms with Gasteiger partial charge in [0.1, 0.15) is 0 Å². The Morgan fingerprint density at radius 2 is 1.64 bits per heavy atom. The maximum absolute atomic E-state index is 10.5. The highest BCUT2D eigenvalue weighted by Crippen LogP contribution is 2.22. The van der Waals surface area contributed by atoms with Gasteiger partial charge in [0.2, 0.25) is 0 Å². The van der Waals surface area contributed by atoms with Gasteiger partial charge in [-0.05, 0) is 63.7 Å². The van der Waals surface area contributed by atoms with E-state index in [0.717, 1.165) is 45.6 Å². The molecule has 0 saturated carbocycles. The summed E-state index contributed by atoms with van der Waals surface area (Å²) in [5.41, 5.74) is 1.98. The summed E-state index contributed by atoms with van der Waals surface area (Å²) in [6.07, 6.45) is 5.35. The third-order valence-electron chi connectivity index (χ3n) is 5.65. The van der Waals surface area contributed by atoms with E-state index in [-0.39, 0.29) is 6.10 Å². The molecule has 0 spiro atoms. The van der Waals surface area contributed by atoms with Crippen molar-refractivity contribution < 1.29 is 10.2 Å². The van der Waals surface area contributed by atoms with Gasteiger partial charge < -0.3 is 10.2 Å². The van der Waals surface area contributed by atoms with Gasteiger partial charge in [-0.1, -0.05) is 30.7 Å². The molecular weight excluding hydrogens is 312 g/mol.